The third-order valence-corrected chi connectivity index (χ3v) is 3.47. The first-order chi connectivity index (χ1) is 8.61. The molecule has 0 spiro atoms. The second-order valence-electron chi connectivity index (χ2n) is 4.31. The fraction of sp³-hybridized carbons (Fsp3) is 0.455. The molecule has 0 radical (unpaired) electrons. The van der Waals surface area contributed by atoms with Crippen LogP contribution in [-0.4, -0.2) is 24.0 Å². The van der Waals surface area contributed by atoms with Crippen LogP contribution in [0.15, 0.2) is 22.0 Å². The molecule has 94 valence electrons. The number of aromatic nitrogens is 1. The highest BCUT2D eigenvalue weighted by molar-refractivity contribution is 9.10. The Morgan fingerprint density at radius 1 is 1.72 bits per heavy atom. The average molecular weight is 310 g/mol. The minimum Gasteiger partial charge on any atom is -0.310 e. The van der Waals surface area contributed by atoms with Crippen molar-refractivity contribution in [2.75, 3.05) is 18.0 Å². The molecule has 2 heterocycles. The van der Waals surface area contributed by atoms with Crippen molar-refractivity contribution in [3.63, 3.8) is 0 Å². The SMILES string of the molecule is Cc1cnc(Br)c(N2CC(CN=[N+]=[N-])CC2=O)c1. The molecule has 1 amide bonds. The fourth-order valence-corrected chi connectivity index (χ4v) is 2.45. The van der Waals surface area contributed by atoms with Gasteiger partial charge in [-0.2, -0.15) is 0 Å². The molecule has 1 aromatic rings. The molecule has 1 atom stereocenters. The van der Waals surface area contributed by atoms with Gasteiger partial charge in [0.2, 0.25) is 5.91 Å². The van der Waals surface area contributed by atoms with Gasteiger partial charge in [-0.25, -0.2) is 4.98 Å². The first-order valence-corrected chi connectivity index (χ1v) is 6.34. The molecule has 1 fully saturated rings. The number of azide groups is 1. The van der Waals surface area contributed by atoms with E-state index in [1.807, 2.05) is 13.0 Å². The van der Waals surface area contributed by atoms with E-state index in [0.717, 1.165) is 11.3 Å². The van der Waals surface area contributed by atoms with Crippen LogP contribution >= 0.6 is 15.9 Å². The number of carbonyl (C=O) groups excluding carboxylic acids is 1. The first kappa shape index (κ1) is 12.9. The lowest BCUT2D eigenvalue weighted by atomic mass is 10.1. The fourth-order valence-electron chi connectivity index (χ4n) is 2.02. The molecule has 18 heavy (non-hydrogen) atoms. The Hall–Kier alpha value is -1.59. The third kappa shape index (κ3) is 2.63. The summed E-state index contributed by atoms with van der Waals surface area (Å²) in [5, 5.41) is 3.53. The molecule has 0 aliphatic carbocycles. The van der Waals surface area contributed by atoms with E-state index in [0.29, 0.717) is 24.1 Å². The van der Waals surface area contributed by atoms with Gasteiger partial charge in [-0.3, -0.25) is 4.79 Å². The molecule has 1 aliphatic rings. The minimum atomic E-state index is 0.0428. The van der Waals surface area contributed by atoms with E-state index in [9.17, 15) is 4.79 Å². The summed E-state index contributed by atoms with van der Waals surface area (Å²) in [4.78, 5) is 20.6. The number of carbonyl (C=O) groups is 1. The van der Waals surface area contributed by atoms with Crippen LogP contribution in [0.5, 0.6) is 0 Å². The van der Waals surface area contributed by atoms with Gasteiger partial charge in [-0.1, -0.05) is 5.11 Å². The van der Waals surface area contributed by atoms with E-state index in [2.05, 4.69) is 30.9 Å². The normalized spacial score (nSPS) is 18.9. The Labute approximate surface area is 113 Å². The highest BCUT2D eigenvalue weighted by Gasteiger charge is 2.31. The minimum absolute atomic E-state index is 0.0428. The van der Waals surface area contributed by atoms with E-state index in [-0.39, 0.29) is 11.8 Å². The highest BCUT2D eigenvalue weighted by atomic mass is 79.9. The average Bonchev–Trinajstić information content (AvgIpc) is 2.71. The maximum atomic E-state index is 12.0. The summed E-state index contributed by atoms with van der Waals surface area (Å²) in [6.45, 7) is 2.86. The van der Waals surface area contributed by atoms with Gasteiger partial charge in [0, 0.05) is 30.6 Å². The van der Waals surface area contributed by atoms with Crippen LogP contribution in [0.25, 0.3) is 10.4 Å². The first-order valence-electron chi connectivity index (χ1n) is 5.55. The predicted molar refractivity (Wildman–Crippen MR) is 71.1 cm³/mol. The van der Waals surface area contributed by atoms with Gasteiger partial charge in [-0.05, 0) is 45.9 Å². The molecule has 1 saturated heterocycles. The standard InChI is InChI=1S/C11H12BrN5O/c1-7-2-9(11(12)14-4-7)17-6-8(3-10(17)18)5-15-16-13/h2,4,8H,3,5-6H2,1H3. The zero-order valence-corrected chi connectivity index (χ0v) is 11.5. The zero-order valence-electron chi connectivity index (χ0n) is 9.88. The summed E-state index contributed by atoms with van der Waals surface area (Å²) in [7, 11) is 0. The molecule has 1 aromatic heterocycles. The third-order valence-electron chi connectivity index (χ3n) is 2.86. The molecule has 0 bridgehead atoms. The Morgan fingerprint density at radius 3 is 3.22 bits per heavy atom. The van der Waals surface area contributed by atoms with E-state index in [1.165, 1.54) is 0 Å². The zero-order chi connectivity index (χ0) is 13.1. The van der Waals surface area contributed by atoms with Crippen LogP contribution < -0.4 is 4.90 Å². The van der Waals surface area contributed by atoms with Crippen LogP contribution in [-0.2, 0) is 4.79 Å². The largest absolute Gasteiger partial charge is 0.310 e. The van der Waals surface area contributed by atoms with Crippen LogP contribution in [0.3, 0.4) is 0 Å². The number of rotatable bonds is 3. The van der Waals surface area contributed by atoms with Gasteiger partial charge in [0.25, 0.3) is 0 Å². The molecule has 6 nitrogen and oxygen atoms in total. The number of amides is 1. The van der Waals surface area contributed by atoms with Crippen molar-refractivity contribution in [1.29, 1.82) is 0 Å². The summed E-state index contributed by atoms with van der Waals surface area (Å²) < 4.78 is 0.658. The molecule has 7 heteroatoms. The Balaban J connectivity index is 2.21. The number of hydrogen-bond acceptors (Lipinski definition) is 3. The monoisotopic (exact) mass is 309 g/mol. The summed E-state index contributed by atoms with van der Waals surface area (Å²) in [5.41, 5.74) is 10.1. The van der Waals surface area contributed by atoms with Crippen LogP contribution in [0, 0.1) is 12.8 Å². The van der Waals surface area contributed by atoms with Gasteiger partial charge < -0.3 is 4.90 Å². The highest BCUT2D eigenvalue weighted by Crippen LogP contribution is 2.30. The second-order valence-corrected chi connectivity index (χ2v) is 5.06. The topological polar surface area (TPSA) is 82.0 Å². The van der Waals surface area contributed by atoms with Crippen molar-refractivity contribution in [3.05, 3.63) is 32.9 Å². The van der Waals surface area contributed by atoms with Crippen molar-refractivity contribution >= 4 is 27.5 Å². The van der Waals surface area contributed by atoms with Crippen molar-refractivity contribution < 1.29 is 4.79 Å². The molecule has 0 saturated carbocycles. The van der Waals surface area contributed by atoms with Gasteiger partial charge in [0.15, 0.2) is 0 Å². The van der Waals surface area contributed by atoms with Gasteiger partial charge >= 0.3 is 0 Å². The Bertz CT molecular complexity index is 526. The maximum absolute atomic E-state index is 12.0. The number of anilines is 1. The molecule has 0 aromatic carbocycles. The smallest absolute Gasteiger partial charge is 0.227 e. The Morgan fingerprint density at radius 2 is 2.50 bits per heavy atom. The number of pyridine rings is 1. The molecular formula is C11H12BrN5O. The van der Waals surface area contributed by atoms with Crippen LogP contribution in [0.4, 0.5) is 5.69 Å². The quantitative estimate of drug-likeness (QED) is 0.372. The Kier molecular flexibility index (Phi) is 3.84. The van der Waals surface area contributed by atoms with Crippen molar-refractivity contribution in [1.82, 2.24) is 4.98 Å². The van der Waals surface area contributed by atoms with E-state index in [4.69, 9.17) is 5.53 Å². The van der Waals surface area contributed by atoms with E-state index < -0.39 is 0 Å². The number of aryl methyl sites for hydroxylation is 1. The lowest BCUT2D eigenvalue weighted by Gasteiger charge is -2.18. The molecular weight excluding hydrogens is 298 g/mol. The summed E-state index contributed by atoms with van der Waals surface area (Å²) in [5.74, 6) is 0.127. The van der Waals surface area contributed by atoms with Gasteiger partial charge in [0.1, 0.15) is 4.60 Å². The predicted octanol–water partition coefficient (Wildman–Crippen LogP) is 2.82. The number of hydrogen-bond donors (Lipinski definition) is 0. The van der Waals surface area contributed by atoms with E-state index in [1.54, 1.807) is 11.1 Å². The van der Waals surface area contributed by atoms with Crippen LogP contribution in [0.1, 0.15) is 12.0 Å². The second kappa shape index (κ2) is 5.37. The maximum Gasteiger partial charge on any atom is 0.227 e. The number of halogens is 1. The summed E-state index contributed by atoms with van der Waals surface area (Å²) in [6, 6.07) is 1.92. The lowest BCUT2D eigenvalue weighted by Crippen LogP contribution is -2.25. The van der Waals surface area contributed by atoms with Crippen molar-refractivity contribution in [2.24, 2.45) is 11.0 Å². The summed E-state index contributed by atoms with van der Waals surface area (Å²) >= 11 is 3.35. The van der Waals surface area contributed by atoms with E-state index >= 15 is 0 Å². The van der Waals surface area contributed by atoms with Crippen LogP contribution in [0.2, 0.25) is 0 Å². The summed E-state index contributed by atoms with van der Waals surface area (Å²) in [6.07, 6.45) is 2.16. The van der Waals surface area contributed by atoms with Crippen molar-refractivity contribution in [3.8, 4) is 0 Å². The number of nitrogens with zero attached hydrogens (tertiary/aromatic N) is 5. The molecule has 1 aliphatic heterocycles. The molecule has 1 unspecified atom stereocenters. The van der Waals surface area contributed by atoms with Crippen molar-refractivity contribution in [2.45, 2.75) is 13.3 Å². The lowest BCUT2D eigenvalue weighted by molar-refractivity contribution is -0.117. The molecule has 0 N–H and O–H groups in total. The van der Waals surface area contributed by atoms with Gasteiger partial charge in [-0.15, -0.1) is 0 Å². The van der Waals surface area contributed by atoms with Gasteiger partial charge in [0.05, 0.1) is 5.69 Å². The molecule has 2 rings (SSSR count).